The minimum atomic E-state index is -0.380. The van der Waals surface area contributed by atoms with E-state index in [0.717, 1.165) is 77.5 Å². The van der Waals surface area contributed by atoms with Crippen molar-refractivity contribution >= 4 is 77.1 Å². The van der Waals surface area contributed by atoms with E-state index in [9.17, 15) is 0 Å². The Hall–Kier alpha value is -6.98. The van der Waals surface area contributed by atoms with Gasteiger partial charge in [-0.05, 0) is 63.0 Å². The van der Waals surface area contributed by atoms with Crippen molar-refractivity contribution in [2.45, 2.75) is 6.17 Å². The highest BCUT2D eigenvalue weighted by Gasteiger charge is 2.25. The van der Waals surface area contributed by atoms with Crippen molar-refractivity contribution in [1.29, 1.82) is 0 Å². The first-order valence-electron chi connectivity index (χ1n) is 17.5. The lowest BCUT2D eigenvalue weighted by molar-refractivity contribution is 0.667. The zero-order chi connectivity index (χ0) is 34.2. The van der Waals surface area contributed by atoms with Gasteiger partial charge in [0.25, 0.3) is 0 Å². The molecule has 0 amide bonds. The molecule has 0 radical (unpaired) electrons. The van der Waals surface area contributed by atoms with E-state index in [1.807, 2.05) is 48.5 Å². The Bertz CT molecular complexity index is 3110. The molecule has 1 aliphatic rings. The predicted octanol–water partition coefficient (Wildman–Crippen LogP) is 12.0. The first-order valence-corrected chi connectivity index (χ1v) is 17.5. The van der Waals surface area contributed by atoms with Crippen LogP contribution >= 0.6 is 0 Å². The summed E-state index contributed by atoms with van der Waals surface area (Å²) in [6, 6.07) is 56.9. The molecule has 0 saturated carbocycles. The fourth-order valence-electron chi connectivity index (χ4n) is 7.85. The van der Waals surface area contributed by atoms with Gasteiger partial charge in [0.2, 0.25) is 0 Å². The van der Waals surface area contributed by atoms with Gasteiger partial charge in [-0.3, -0.25) is 0 Å². The van der Waals surface area contributed by atoms with Crippen molar-refractivity contribution in [2.24, 2.45) is 9.98 Å². The number of para-hydroxylation sites is 3. The molecule has 0 spiro atoms. The van der Waals surface area contributed by atoms with Crippen LogP contribution < -0.4 is 5.32 Å². The molecule has 5 heteroatoms. The first-order chi connectivity index (χ1) is 25.7. The first kappa shape index (κ1) is 28.8. The molecule has 8 aromatic carbocycles. The summed E-state index contributed by atoms with van der Waals surface area (Å²) in [6.45, 7) is 0. The molecule has 5 nitrogen and oxygen atoms in total. The highest BCUT2D eigenvalue weighted by Crippen LogP contribution is 2.41. The van der Waals surface area contributed by atoms with Gasteiger partial charge in [0.1, 0.15) is 34.3 Å². The van der Waals surface area contributed by atoms with Crippen LogP contribution in [0.25, 0.3) is 76.5 Å². The summed E-state index contributed by atoms with van der Waals surface area (Å²) >= 11 is 0. The van der Waals surface area contributed by atoms with Gasteiger partial charge in [-0.2, -0.15) is 0 Å². The molecule has 10 aromatic rings. The minimum Gasteiger partial charge on any atom is -0.456 e. The van der Waals surface area contributed by atoms with E-state index < -0.39 is 0 Å². The Morgan fingerprint density at radius 2 is 1.17 bits per heavy atom. The Kier molecular flexibility index (Phi) is 6.25. The van der Waals surface area contributed by atoms with Crippen molar-refractivity contribution in [3.63, 3.8) is 0 Å². The van der Waals surface area contributed by atoms with E-state index in [1.54, 1.807) is 0 Å². The number of furan rings is 2. The van der Waals surface area contributed by atoms with E-state index in [-0.39, 0.29) is 6.17 Å². The van der Waals surface area contributed by atoms with Crippen molar-refractivity contribution in [2.75, 3.05) is 0 Å². The van der Waals surface area contributed by atoms with Crippen molar-refractivity contribution in [3.8, 4) is 11.1 Å². The average Bonchev–Trinajstić information content (AvgIpc) is 3.79. The molecule has 0 saturated heterocycles. The number of aliphatic imine (C=N–C) groups is 2. The van der Waals surface area contributed by atoms with Crippen LogP contribution in [0.15, 0.2) is 183 Å². The standard InChI is InChI=1S/C47H29N3O2/c1-2-12-29(13-3-1)45-48-46(31-23-24-34-30(25-31)22-21-28-11-4-5-14-33(28)34)50-47(49-45)39-26-32(27-42-43(39)38-16-7-9-20-41(38)51-42)35-17-10-18-37-36-15-6-8-19-40(36)52-44(35)37/h1-27,46H,(H,48,49,50). The number of amidine groups is 2. The Morgan fingerprint density at radius 1 is 0.462 bits per heavy atom. The topological polar surface area (TPSA) is 63.0 Å². The normalized spacial score (nSPS) is 14.7. The fraction of sp³-hybridized carbons (Fsp3) is 0.0213. The molecule has 244 valence electrons. The van der Waals surface area contributed by atoms with Gasteiger partial charge in [-0.1, -0.05) is 133 Å². The highest BCUT2D eigenvalue weighted by molar-refractivity contribution is 6.23. The second-order valence-electron chi connectivity index (χ2n) is 13.4. The molecular weight excluding hydrogens is 639 g/mol. The zero-order valence-corrected chi connectivity index (χ0v) is 27.9. The van der Waals surface area contributed by atoms with E-state index in [2.05, 4.69) is 121 Å². The van der Waals surface area contributed by atoms with Crippen LogP contribution in [0.1, 0.15) is 22.9 Å². The van der Waals surface area contributed by atoms with Crippen LogP contribution in [-0.2, 0) is 0 Å². The molecule has 0 aliphatic carbocycles. The number of rotatable bonds is 4. The zero-order valence-electron chi connectivity index (χ0n) is 27.9. The Morgan fingerprint density at radius 3 is 2.06 bits per heavy atom. The second kappa shape index (κ2) is 11.3. The SMILES string of the molecule is c1ccc(C2=NC(c3cc(-c4cccc5c4oc4ccccc45)cc4oc5ccccc5c34)=NC(c3ccc4c(ccc5ccccc54)c3)N2)cc1. The second-order valence-corrected chi connectivity index (χ2v) is 13.4. The summed E-state index contributed by atoms with van der Waals surface area (Å²) in [4.78, 5) is 10.6. The lowest BCUT2D eigenvalue weighted by Gasteiger charge is -2.24. The molecule has 2 aromatic heterocycles. The van der Waals surface area contributed by atoms with Crippen LogP contribution in [0.4, 0.5) is 0 Å². The third-order valence-corrected chi connectivity index (χ3v) is 10.3. The summed E-state index contributed by atoms with van der Waals surface area (Å²) < 4.78 is 13.1. The minimum absolute atomic E-state index is 0.380. The van der Waals surface area contributed by atoms with Gasteiger partial charge >= 0.3 is 0 Å². The molecular formula is C47H29N3O2. The van der Waals surface area contributed by atoms with E-state index in [1.165, 1.54) is 21.5 Å². The Labute approximate surface area is 298 Å². The van der Waals surface area contributed by atoms with Gasteiger partial charge in [-0.25, -0.2) is 9.98 Å². The summed E-state index contributed by atoms with van der Waals surface area (Å²) in [5.74, 6) is 1.40. The summed E-state index contributed by atoms with van der Waals surface area (Å²) in [6.07, 6.45) is -0.380. The molecule has 11 rings (SSSR count). The maximum absolute atomic E-state index is 6.57. The Balaban J connectivity index is 1.15. The molecule has 0 bridgehead atoms. The van der Waals surface area contributed by atoms with Crippen molar-refractivity contribution in [1.82, 2.24) is 5.32 Å². The van der Waals surface area contributed by atoms with Gasteiger partial charge in [0.15, 0.2) is 5.84 Å². The van der Waals surface area contributed by atoms with Crippen molar-refractivity contribution in [3.05, 3.63) is 180 Å². The van der Waals surface area contributed by atoms with Crippen LogP contribution in [0, 0.1) is 0 Å². The van der Waals surface area contributed by atoms with Crippen LogP contribution in [0.5, 0.6) is 0 Å². The molecule has 1 aliphatic heterocycles. The summed E-state index contributed by atoms with van der Waals surface area (Å²) in [5, 5.41) is 12.7. The molecule has 1 N–H and O–H groups in total. The summed E-state index contributed by atoms with van der Waals surface area (Å²) in [5.41, 5.74) is 8.19. The van der Waals surface area contributed by atoms with E-state index >= 15 is 0 Å². The van der Waals surface area contributed by atoms with E-state index in [0.29, 0.717) is 5.84 Å². The third-order valence-electron chi connectivity index (χ3n) is 10.3. The lowest BCUT2D eigenvalue weighted by Crippen LogP contribution is -2.33. The number of hydrogen-bond donors (Lipinski definition) is 1. The number of benzene rings is 8. The fourth-order valence-corrected chi connectivity index (χ4v) is 7.85. The van der Waals surface area contributed by atoms with Gasteiger partial charge < -0.3 is 14.2 Å². The van der Waals surface area contributed by atoms with Gasteiger partial charge in [0.05, 0.1) is 0 Å². The van der Waals surface area contributed by atoms with Crippen LogP contribution in [0.3, 0.4) is 0 Å². The number of hydrogen-bond acceptors (Lipinski definition) is 5. The lowest BCUT2D eigenvalue weighted by atomic mass is 9.96. The molecule has 52 heavy (non-hydrogen) atoms. The molecule has 3 heterocycles. The molecule has 1 unspecified atom stereocenters. The third kappa shape index (κ3) is 4.49. The maximum atomic E-state index is 6.57. The summed E-state index contributed by atoms with van der Waals surface area (Å²) in [7, 11) is 0. The number of nitrogens with one attached hydrogen (secondary N) is 1. The maximum Gasteiger partial charge on any atom is 0.160 e. The van der Waals surface area contributed by atoms with Gasteiger partial charge in [-0.15, -0.1) is 0 Å². The van der Waals surface area contributed by atoms with Crippen molar-refractivity contribution < 1.29 is 8.83 Å². The smallest absolute Gasteiger partial charge is 0.160 e. The predicted molar refractivity (Wildman–Crippen MR) is 213 cm³/mol. The van der Waals surface area contributed by atoms with Crippen LogP contribution in [0.2, 0.25) is 0 Å². The quantitative estimate of drug-likeness (QED) is 0.190. The average molecular weight is 668 g/mol. The molecule has 1 atom stereocenters. The molecule has 0 fully saturated rings. The largest absolute Gasteiger partial charge is 0.456 e. The van der Waals surface area contributed by atoms with Gasteiger partial charge in [0, 0.05) is 38.2 Å². The monoisotopic (exact) mass is 667 g/mol. The van der Waals surface area contributed by atoms with Crippen LogP contribution in [-0.4, -0.2) is 11.7 Å². The number of nitrogens with zero attached hydrogens (tertiary/aromatic N) is 2. The number of fused-ring (bicyclic) bond motifs is 9. The highest BCUT2D eigenvalue weighted by atomic mass is 16.3. The van der Waals surface area contributed by atoms with E-state index in [4.69, 9.17) is 18.8 Å².